The topological polar surface area (TPSA) is 70.3 Å². The first kappa shape index (κ1) is 9.55. The lowest BCUT2D eigenvalue weighted by Gasteiger charge is -1.93. The van der Waals surface area contributed by atoms with Gasteiger partial charge in [0, 0.05) is 0 Å². The Kier molecular flexibility index (Phi) is 4.18. The average Bonchev–Trinajstić information content (AvgIpc) is 1.89. The van der Waals surface area contributed by atoms with E-state index >= 15 is 0 Å². The summed E-state index contributed by atoms with van der Waals surface area (Å²) in [6.45, 7) is 1.99. The Morgan fingerprint density at radius 3 is 2.40 bits per heavy atom. The molecule has 0 radical (unpaired) electrons. The second-order valence-electron chi connectivity index (χ2n) is 2.08. The Morgan fingerprint density at radius 1 is 1.40 bits per heavy atom. The van der Waals surface area contributed by atoms with Gasteiger partial charge in [-0.15, -0.1) is 0 Å². The molecule has 0 saturated carbocycles. The minimum absolute atomic E-state index is 0.0182. The maximum Gasteiger partial charge on any atom is 0.269 e. The fraction of sp³-hybridized carbons (Fsp3) is 1.00. The van der Waals surface area contributed by atoms with Gasteiger partial charge in [-0.05, 0) is 6.42 Å². The second-order valence-corrected chi connectivity index (χ2v) is 3.84. The molecule has 0 atom stereocenters. The summed E-state index contributed by atoms with van der Waals surface area (Å²) in [6, 6.07) is 0. The summed E-state index contributed by atoms with van der Waals surface area (Å²) < 4.78 is 23.6. The first-order valence-corrected chi connectivity index (χ1v) is 4.84. The van der Waals surface area contributed by atoms with E-state index in [0.717, 1.165) is 12.8 Å². The molecule has 0 unspecified atom stereocenters. The first-order chi connectivity index (χ1) is 4.62. The molecule has 0 aliphatic heterocycles. The maximum atomic E-state index is 10.5. The van der Waals surface area contributed by atoms with E-state index in [2.05, 4.69) is 4.52 Å². The van der Waals surface area contributed by atoms with Crippen molar-refractivity contribution in [2.75, 3.05) is 5.75 Å². The van der Waals surface area contributed by atoms with Crippen molar-refractivity contribution in [3.05, 3.63) is 0 Å². The maximum absolute atomic E-state index is 10.5. The van der Waals surface area contributed by atoms with Crippen LogP contribution in [-0.4, -0.2) is 14.2 Å². The quantitative estimate of drug-likeness (QED) is 0.494. The van der Waals surface area contributed by atoms with E-state index in [0.29, 0.717) is 6.42 Å². The average molecular weight is 164 g/mol. The molecule has 0 rings (SSSR count). The molecule has 0 aromatic carbocycles. The molecule has 0 heterocycles. The third kappa shape index (κ3) is 4.43. The lowest BCUT2D eigenvalue weighted by atomic mass is 10.3. The number of unbranched alkanes of at least 4 members (excludes halogenated alkanes) is 2. The highest BCUT2D eigenvalue weighted by Gasteiger charge is 2.05. The molecule has 4 nitrogen and oxygen atoms in total. The van der Waals surface area contributed by atoms with Gasteiger partial charge in [0.25, 0.3) is 10.0 Å². The van der Waals surface area contributed by atoms with Crippen LogP contribution in [0.3, 0.4) is 0 Å². The molecule has 0 aliphatic rings. The minimum Gasteiger partial charge on any atom is -0.203 e. The van der Waals surface area contributed by atoms with Crippen LogP contribution < -0.4 is 0 Å². The molecule has 5 heteroatoms. The van der Waals surface area contributed by atoms with Crippen molar-refractivity contribution in [2.45, 2.75) is 26.2 Å². The fourth-order valence-corrected chi connectivity index (χ4v) is 1.24. The zero-order chi connectivity index (χ0) is 8.04. The molecule has 0 amide bonds. The van der Waals surface area contributed by atoms with Gasteiger partial charge in [-0.2, -0.15) is 5.53 Å². The predicted octanol–water partition coefficient (Wildman–Crippen LogP) is 1.54. The molecule has 0 aromatic heterocycles. The van der Waals surface area contributed by atoms with Crippen LogP contribution in [0.5, 0.6) is 0 Å². The molecule has 0 bridgehead atoms. The highest BCUT2D eigenvalue weighted by Crippen LogP contribution is 1.99. The summed E-state index contributed by atoms with van der Waals surface area (Å²) in [5.41, 5.74) is 6.28. The molecule has 0 aliphatic carbocycles. The van der Waals surface area contributed by atoms with E-state index < -0.39 is 10.0 Å². The van der Waals surface area contributed by atoms with Crippen molar-refractivity contribution in [3.63, 3.8) is 0 Å². The Morgan fingerprint density at radius 2 is 2.00 bits per heavy atom. The number of rotatable bonds is 5. The van der Waals surface area contributed by atoms with Gasteiger partial charge in [0.05, 0.1) is 5.75 Å². The first-order valence-electron chi connectivity index (χ1n) is 3.24. The van der Waals surface area contributed by atoms with Gasteiger partial charge in [0.1, 0.15) is 0 Å². The van der Waals surface area contributed by atoms with Crippen LogP contribution in [-0.2, 0) is 10.0 Å². The second kappa shape index (κ2) is 4.38. The lowest BCUT2D eigenvalue weighted by Crippen LogP contribution is -2.00. The van der Waals surface area contributed by atoms with Crippen LogP contribution in [0.15, 0.2) is 4.52 Å². The molecule has 0 fully saturated rings. The van der Waals surface area contributed by atoms with Crippen LogP contribution in [0.25, 0.3) is 0 Å². The van der Waals surface area contributed by atoms with Crippen LogP contribution >= 0.6 is 0 Å². The van der Waals surface area contributed by atoms with E-state index in [1.165, 1.54) is 0 Å². The number of sulfonamides is 1. The van der Waals surface area contributed by atoms with Crippen molar-refractivity contribution in [3.8, 4) is 0 Å². The highest BCUT2D eigenvalue weighted by molar-refractivity contribution is 7.89. The smallest absolute Gasteiger partial charge is 0.203 e. The van der Waals surface area contributed by atoms with Crippen LogP contribution in [0.1, 0.15) is 26.2 Å². The van der Waals surface area contributed by atoms with E-state index in [1.807, 2.05) is 6.92 Å². The summed E-state index contributed by atoms with van der Waals surface area (Å²) in [5, 5.41) is 0. The van der Waals surface area contributed by atoms with E-state index in [-0.39, 0.29) is 5.75 Å². The molecular formula is C5H12N2O2S. The van der Waals surface area contributed by atoms with Crippen molar-refractivity contribution < 1.29 is 8.42 Å². The summed E-state index contributed by atoms with van der Waals surface area (Å²) in [4.78, 5) is 0. The predicted molar refractivity (Wildman–Crippen MR) is 38.5 cm³/mol. The molecule has 0 spiro atoms. The fourth-order valence-electron chi connectivity index (χ4n) is 0.580. The standard InChI is InChI=1S/C5H12N2O2S/c1-2-3-4-5-10(8,9)7-6/h6H,2-5H2,1H3. The molecule has 0 aromatic rings. The summed E-state index contributed by atoms with van der Waals surface area (Å²) in [6.07, 6.45) is 2.48. The van der Waals surface area contributed by atoms with E-state index in [9.17, 15) is 8.42 Å². The number of nitrogens with one attached hydrogen (secondary N) is 1. The highest BCUT2D eigenvalue weighted by atomic mass is 32.2. The molecule has 10 heavy (non-hydrogen) atoms. The normalized spacial score (nSPS) is 11.3. The third-order valence-corrected chi connectivity index (χ3v) is 2.23. The Labute approximate surface area is 61.2 Å². The van der Waals surface area contributed by atoms with Gasteiger partial charge >= 0.3 is 0 Å². The van der Waals surface area contributed by atoms with Crippen molar-refractivity contribution in [1.82, 2.24) is 0 Å². The third-order valence-electron chi connectivity index (χ3n) is 1.14. The Balaban J connectivity index is 3.59. The monoisotopic (exact) mass is 164 g/mol. The lowest BCUT2D eigenvalue weighted by molar-refractivity contribution is 0.589. The molecular weight excluding hydrogens is 152 g/mol. The number of hydrogen-bond acceptors (Lipinski definition) is 3. The van der Waals surface area contributed by atoms with Gasteiger partial charge in [-0.3, -0.25) is 0 Å². The van der Waals surface area contributed by atoms with Gasteiger partial charge in [0.2, 0.25) is 0 Å². The van der Waals surface area contributed by atoms with E-state index in [1.54, 1.807) is 0 Å². The summed E-state index contributed by atoms with van der Waals surface area (Å²) in [5.74, 6) is 0.0182. The van der Waals surface area contributed by atoms with E-state index in [4.69, 9.17) is 5.53 Å². The van der Waals surface area contributed by atoms with Gasteiger partial charge in [-0.1, -0.05) is 24.3 Å². The molecule has 1 N–H and O–H groups in total. The minimum atomic E-state index is -3.40. The van der Waals surface area contributed by atoms with Crippen LogP contribution in [0, 0.1) is 5.53 Å². The number of hydrogen-bond donors (Lipinski definition) is 1. The largest absolute Gasteiger partial charge is 0.269 e. The molecule has 60 valence electrons. The summed E-state index contributed by atoms with van der Waals surface area (Å²) >= 11 is 0. The van der Waals surface area contributed by atoms with Crippen LogP contribution in [0.4, 0.5) is 0 Å². The van der Waals surface area contributed by atoms with Crippen molar-refractivity contribution >= 4 is 10.0 Å². The van der Waals surface area contributed by atoms with Crippen LogP contribution in [0.2, 0.25) is 0 Å². The Hall–Kier alpha value is -0.450. The number of nitrogens with zero attached hydrogens (tertiary/aromatic N) is 1. The zero-order valence-corrected chi connectivity index (χ0v) is 6.82. The van der Waals surface area contributed by atoms with Gasteiger partial charge < -0.3 is 0 Å². The zero-order valence-electron chi connectivity index (χ0n) is 6.00. The summed E-state index contributed by atoms with van der Waals surface area (Å²) in [7, 11) is -3.40. The molecule has 0 saturated heterocycles. The van der Waals surface area contributed by atoms with Crippen molar-refractivity contribution in [2.24, 2.45) is 4.52 Å². The van der Waals surface area contributed by atoms with Crippen molar-refractivity contribution in [1.29, 1.82) is 5.53 Å². The van der Waals surface area contributed by atoms with Gasteiger partial charge in [-0.25, -0.2) is 8.42 Å². The Bertz CT molecular complexity index is 186. The van der Waals surface area contributed by atoms with Gasteiger partial charge in [0.15, 0.2) is 0 Å². The SMILES string of the molecule is CCCCCS(=O)(=O)N=N.